The van der Waals surface area contributed by atoms with Gasteiger partial charge < -0.3 is 14.8 Å². The van der Waals surface area contributed by atoms with Gasteiger partial charge in [0.1, 0.15) is 0 Å². The lowest BCUT2D eigenvalue weighted by Gasteiger charge is -2.24. The van der Waals surface area contributed by atoms with Crippen molar-refractivity contribution in [2.24, 2.45) is 0 Å². The van der Waals surface area contributed by atoms with Crippen molar-refractivity contribution in [1.82, 2.24) is 4.90 Å². The average Bonchev–Trinajstić information content (AvgIpc) is 3.10. The van der Waals surface area contributed by atoms with E-state index in [4.69, 9.17) is 9.47 Å². The molecule has 0 bridgehead atoms. The van der Waals surface area contributed by atoms with Crippen molar-refractivity contribution >= 4 is 11.6 Å². The molecule has 1 heterocycles. The van der Waals surface area contributed by atoms with Gasteiger partial charge in [-0.3, -0.25) is 9.69 Å². The second kappa shape index (κ2) is 8.03. The van der Waals surface area contributed by atoms with Crippen molar-refractivity contribution in [3.63, 3.8) is 0 Å². The van der Waals surface area contributed by atoms with Crippen LogP contribution < -0.4 is 14.8 Å². The summed E-state index contributed by atoms with van der Waals surface area (Å²) in [6.07, 6.45) is 1.92. The maximum absolute atomic E-state index is 12.7. The second-order valence-corrected chi connectivity index (χ2v) is 6.17. The lowest BCUT2D eigenvalue weighted by molar-refractivity contribution is -0.120. The number of nitrogens with zero attached hydrogens (tertiary/aromatic N) is 1. The highest BCUT2D eigenvalue weighted by Gasteiger charge is 2.30. The van der Waals surface area contributed by atoms with Crippen molar-refractivity contribution in [1.29, 1.82) is 0 Å². The minimum Gasteiger partial charge on any atom is -0.493 e. The molecule has 1 saturated heterocycles. The molecule has 3 rings (SSSR count). The van der Waals surface area contributed by atoms with Crippen LogP contribution in [-0.2, 0) is 11.3 Å². The first-order valence-electron chi connectivity index (χ1n) is 8.52. The normalized spacial score (nSPS) is 17.3. The molecular weight excluding hydrogens is 316 g/mol. The number of carbonyl (C=O) groups excluding carboxylic acids is 1. The molecule has 1 fully saturated rings. The van der Waals surface area contributed by atoms with Crippen LogP contribution in [0.2, 0.25) is 0 Å². The van der Waals surface area contributed by atoms with Crippen LogP contribution in [0.15, 0.2) is 48.5 Å². The van der Waals surface area contributed by atoms with E-state index in [2.05, 4.69) is 22.3 Å². The van der Waals surface area contributed by atoms with E-state index in [1.807, 2.05) is 24.3 Å². The number of hydrogen-bond acceptors (Lipinski definition) is 4. The Kier molecular flexibility index (Phi) is 5.56. The van der Waals surface area contributed by atoms with Gasteiger partial charge in [-0.1, -0.05) is 30.3 Å². The number of rotatable bonds is 6. The van der Waals surface area contributed by atoms with Gasteiger partial charge in [-0.2, -0.15) is 0 Å². The predicted octanol–water partition coefficient (Wildman–Crippen LogP) is 3.31. The Hall–Kier alpha value is -2.53. The molecule has 132 valence electrons. The first-order chi connectivity index (χ1) is 12.2. The zero-order valence-corrected chi connectivity index (χ0v) is 14.7. The summed E-state index contributed by atoms with van der Waals surface area (Å²) in [5, 5.41) is 3.01. The highest BCUT2D eigenvalue weighted by molar-refractivity contribution is 5.95. The van der Waals surface area contributed by atoms with Crippen LogP contribution in [0.5, 0.6) is 11.5 Å². The number of hydrogen-bond donors (Lipinski definition) is 1. The molecule has 0 aliphatic carbocycles. The van der Waals surface area contributed by atoms with E-state index < -0.39 is 0 Å². The Morgan fingerprint density at radius 2 is 1.88 bits per heavy atom. The maximum atomic E-state index is 12.7. The molecule has 0 aromatic heterocycles. The molecule has 2 aromatic carbocycles. The van der Waals surface area contributed by atoms with Gasteiger partial charge in [0.25, 0.3) is 0 Å². The molecule has 0 radical (unpaired) electrons. The van der Waals surface area contributed by atoms with E-state index in [1.54, 1.807) is 26.4 Å². The Bertz CT molecular complexity index is 718. The molecule has 1 aliphatic rings. The van der Waals surface area contributed by atoms with Crippen LogP contribution in [0, 0.1) is 0 Å². The summed E-state index contributed by atoms with van der Waals surface area (Å²) in [5.74, 6) is 1.28. The first kappa shape index (κ1) is 17.3. The molecule has 0 spiro atoms. The van der Waals surface area contributed by atoms with Crippen molar-refractivity contribution in [2.75, 3.05) is 26.1 Å². The summed E-state index contributed by atoms with van der Waals surface area (Å²) in [6.45, 7) is 1.74. The van der Waals surface area contributed by atoms with Gasteiger partial charge in [0.05, 0.1) is 20.3 Å². The monoisotopic (exact) mass is 340 g/mol. The lowest BCUT2D eigenvalue weighted by Crippen LogP contribution is -2.39. The van der Waals surface area contributed by atoms with Crippen LogP contribution in [0.4, 0.5) is 5.69 Å². The third kappa shape index (κ3) is 4.12. The Morgan fingerprint density at radius 3 is 2.60 bits per heavy atom. The molecule has 1 atom stereocenters. The molecule has 25 heavy (non-hydrogen) atoms. The van der Waals surface area contributed by atoms with Gasteiger partial charge in [0.2, 0.25) is 5.91 Å². The largest absolute Gasteiger partial charge is 0.493 e. The minimum atomic E-state index is -0.103. The van der Waals surface area contributed by atoms with Crippen molar-refractivity contribution < 1.29 is 14.3 Å². The first-order valence-corrected chi connectivity index (χ1v) is 8.52. The fraction of sp³-hybridized carbons (Fsp3) is 0.350. The summed E-state index contributed by atoms with van der Waals surface area (Å²) in [7, 11) is 3.18. The predicted molar refractivity (Wildman–Crippen MR) is 98.0 cm³/mol. The van der Waals surface area contributed by atoms with Gasteiger partial charge >= 0.3 is 0 Å². The van der Waals surface area contributed by atoms with Gasteiger partial charge in [-0.15, -0.1) is 0 Å². The molecule has 2 aromatic rings. The topological polar surface area (TPSA) is 50.8 Å². The minimum absolute atomic E-state index is 0.0284. The number of carbonyl (C=O) groups is 1. The van der Waals surface area contributed by atoms with E-state index in [0.29, 0.717) is 17.2 Å². The number of nitrogens with one attached hydrogen (secondary N) is 1. The molecule has 0 saturated carbocycles. The van der Waals surface area contributed by atoms with Crippen molar-refractivity contribution in [2.45, 2.75) is 25.4 Å². The third-order valence-corrected chi connectivity index (χ3v) is 4.55. The molecule has 5 nitrogen and oxygen atoms in total. The van der Waals surface area contributed by atoms with Crippen molar-refractivity contribution in [3.05, 3.63) is 54.1 Å². The molecule has 1 amide bonds. The smallest absolute Gasteiger partial charge is 0.241 e. The summed E-state index contributed by atoms with van der Waals surface area (Å²) in [4.78, 5) is 15.0. The Balaban J connectivity index is 1.67. The van der Waals surface area contributed by atoms with Gasteiger partial charge in [-0.25, -0.2) is 0 Å². The summed E-state index contributed by atoms with van der Waals surface area (Å²) in [5.41, 5.74) is 1.95. The summed E-state index contributed by atoms with van der Waals surface area (Å²) >= 11 is 0. The second-order valence-electron chi connectivity index (χ2n) is 6.17. The van der Waals surface area contributed by atoms with E-state index >= 15 is 0 Å². The Labute approximate surface area is 148 Å². The number of methoxy groups -OCH3 is 2. The van der Waals surface area contributed by atoms with E-state index in [1.165, 1.54) is 5.56 Å². The lowest BCUT2D eigenvalue weighted by atomic mass is 10.1. The van der Waals surface area contributed by atoms with Gasteiger partial charge in [0.15, 0.2) is 11.5 Å². The zero-order chi connectivity index (χ0) is 17.6. The van der Waals surface area contributed by atoms with E-state index in [-0.39, 0.29) is 11.9 Å². The number of anilines is 1. The highest BCUT2D eigenvalue weighted by atomic mass is 16.5. The van der Waals surface area contributed by atoms with E-state index in [9.17, 15) is 4.79 Å². The Morgan fingerprint density at radius 1 is 1.12 bits per heavy atom. The van der Waals surface area contributed by atoms with Crippen LogP contribution >= 0.6 is 0 Å². The van der Waals surface area contributed by atoms with Crippen LogP contribution in [0.3, 0.4) is 0 Å². The summed E-state index contributed by atoms with van der Waals surface area (Å²) < 4.78 is 10.5. The highest BCUT2D eigenvalue weighted by Crippen LogP contribution is 2.30. The number of benzene rings is 2. The van der Waals surface area contributed by atoms with Crippen LogP contribution in [0.1, 0.15) is 18.4 Å². The average molecular weight is 340 g/mol. The SMILES string of the molecule is COc1ccc(NC(=O)C2CCCN2Cc2ccccc2)cc1OC. The number of likely N-dealkylation sites (tertiary alicyclic amines) is 1. The molecule has 5 heteroatoms. The number of ether oxygens (including phenoxy) is 2. The molecule has 1 aliphatic heterocycles. The fourth-order valence-corrected chi connectivity index (χ4v) is 3.27. The van der Waals surface area contributed by atoms with Gasteiger partial charge in [-0.05, 0) is 37.1 Å². The van der Waals surface area contributed by atoms with Crippen LogP contribution in [-0.4, -0.2) is 37.6 Å². The number of amides is 1. The zero-order valence-electron chi connectivity index (χ0n) is 14.7. The maximum Gasteiger partial charge on any atom is 0.241 e. The third-order valence-electron chi connectivity index (χ3n) is 4.55. The molecular formula is C20H24N2O3. The molecule has 1 N–H and O–H groups in total. The van der Waals surface area contributed by atoms with Crippen LogP contribution in [0.25, 0.3) is 0 Å². The molecule has 1 unspecified atom stereocenters. The summed E-state index contributed by atoms with van der Waals surface area (Å²) in [6, 6.07) is 15.6. The van der Waals surface area contributed by atoms with Gasteiger partial charge in [0, 0.05) is 18.3 Å². The standard InChI is InChI=1S/C20H24N2O3/c1-24-18-11-10-16(13-19(18)25-2)21-20(23)17-9-6-12-22(17)14-15-7-4-3-5-8-15/h3-5,7-8,10-11,13,17H,6,9,12,14H2,1-2H3,(H,21,23). The fourth-order valence-electron chi connectivity index (χ4n) is 3.27. The quantitative estimate of drug-likeness (QED) is 0.876. The van der Waals surface area contributed by atoms with E-state index in [0.717, 1.165) is 25.9 Å². The van der Waals surface area contributed by atoms with Crippen molar-refractivity contribution in [3.8, 4) is 11.5 Å².